The van der Waals surface area contributed by atoms with Crippen molar-refractivity contribution in [3.8, 4) is 0 Å². The second kappa shape index (κ2) is 10.4. The molecule has 11 heteroatoms. The Morgan fingerprint density at radius 1 is 1.28 bits per heavy atom. The van der Waals surface area contributed by atoms with Crippen LogP contribution in [0.4, 0.5) is 13.2 Å². The molecule has 1 aliphatic carbocycles. The van der Waals surface area contributed by atoms with Gasteiger partial charge in [0.15, 0.2) is 0 Å². The molecule has 2 rings (SSSR count). The van der Waals surface area contributed by atoms with Gasteiger partial charge in [0.05, 0.1) is 6.54 Å². The van der Waals surface area contributed by atoms with E-state index in [9.17, 15) is 18.0 Å². The van der Waals surface area contributed by atoms with Crippen LogP contribution in [0.1, 0.15) is 50.4 Å². The zero-order valence-electron chi connectivity index (χ0n) is 16.9. The number of hydrogen-bond donors (Lipinski definition) is 3. The Labute approximate surface area is 171 Å². The maximum absolute atomic E-state index is 10.8. The van der Waals surface area contributed by atoms with Gasteiger partial charge in [0, 0.05) is 29.7 Å². The first-order valence-electron chi connectivity index (χ1n) is 9.18. The lowest BCUT2D eigenvalue weighted by Crippen LogP contribution is -2.53. The number of halogens is 3. The fourth-order valence-electron chi connectivity index (χ4n) is 2.70. The molecule has 0 aliphatic heterocycles. The smallest absolute Gasteiger partial charge is 0.480 e. The first kappa shape index (κ1) is 25.3. The number of likely N-dealkylation sites (N-methyl/N-ethyl adjacent to an activating group) is 1. The number of rotatable bonds is 7. The second-order valence-corrected chi connectivity index (χ2v) is 8.95. The molecule has 1 heterocycles. The number of carboxylic acid groups (broad SMARTS) is 2. The summed E-state index contributed by atoms with van der Waals surface area (Å²) in [4.78, 5) is 27.6. The summed E-state index contributed by atoms with van der Waals surface area (Å²) in [6, 6.07) is 0.884. The van der Waals surface area contributed by atoms with Crippen molar-refractivity contribution in [2.75, 3.05) is 13.1 Å². The van der Waals surface area contributed by atoms with Gasteiger partial charge in [0.1, 0.15) is 5.01 Å². The number of aliphatic carboxylic acids is 2. The van der Waals surface area contributed by atoms with Gasteiger partial charge in [0.2, 0.25) is 0 Å². The largest absolute Gasteiger partial charge is 0.490 e. The molecule has 1 fully saturated rings. The van der Waals surface area contributed by atoms with Gasteiger partial charge >= 0.3 is 18.1 Å². The van der Waals surface area contributed by atoms with E-state index < -0.39 is 18.1 Å². The number of hydrogen-bond acceptors (Lipinski definition) is 6. The van der Waals surface area contributed by atoms with Gasteiger partial charge in [0.25, 0.3) is 0 Å². The Bertz CT molecular complexity index is 683. The van der Waals surface area contributed by atoms with Crippen molar-refractivity contribution >= 4 is 23.3 Å². The maximum Gasteiger partial charge on any atom is 0.490 e. The molecule has 1 saturated carbocycles. The van der Waals surface area contributed by atoms with Crippen LogP contribution in [-0.2, 0) is 21.5 Å². The Kier molecular flexibility index (Phi) is 9.04. The average Bonchev–Trinajstić information content (AvgIpc) is 3.00. The molecule has 0 unspecified atom stereocenters. The molecule has 1 aromatic rings. The summed E-state index contributed by atoms with van der Waals surface area (Å²) in [5.74, 6) is -3.50. The van der Waals surface area contributed by atoms with Gasteiger partial charge in [-0.15, -0.1) is 11.3 Å². The SMILES string of the molecule is CCN(CC(=O)O)C1CC(NCc2ncc(C(C)(C)C)s2)C1.O=C(O)C(F)(F)F. The minimum atomic E-state index is -5.08. The molecule has 0 aromatic carbocycles. The minimum Gasteiger partial charge on any atom is -0.480 e. The predicted octanol–water partition coefficient (Wildman–Crippen LogP) is 3.10. The van der Waals surface area contributed by atoms with Crippen molar-refractivity contribution in [2.45, 2.75) is 70.8 Å². The third kappa shape index (κ3) is 8.67. The lowest BCUT2D eigenvalue weighted by atomic mass is 9.85. The van der Waals surface area contributed by atoms with Crippen LogP contribution >= 0.6 is 11.3 Å². The number of carbonyl (C=O) groups is 2. The van der Waals surface area contributed by atoms with Crippen molar-refractivity contribution in [2.24, 2.45) is 0 Å². The van der Waals surface area contributed by atoms with Gasteiger partial charge in [-0.1, -0.05) is 27.7 Å². The quantitative estimate of drug-likeness (QED) is 0.600. The summed E-state index contributed by atoms with van der Waals surface area (Å²) in [6.45, 7) is 10.4. The average molecular weight is 440 g/mol. The van der Waals surface area contributed by atoms with Crippen LogP contribution < -0.4 is 5.32 Å². The monoisotopic (exact) mass is 439 g/mol. The summed E-state index contributed by atoms with van der Waals surface area (Å²) >= 11 is 1.77. The molecular weight excluding hydrogens is 411 g/mol. The molecule has 0 spiro atoms. The van der Waals surface area contributed by atoms with Crippen LogP contribution in [0.3, 0.4) is 0 Å². The highest BCUT2D eigenvalue weighted by atomic mass is 32.1. The van der Waals surface area contributed by atoms with Crippen molar-refractivity contribution in [1.29, 1.82) is 0 Å². The third-order valence-corrected chi connectivity index (χ3v) is 5.87. The Balaban J connectivity index is 0.000000516. The molecule has 1 aromatic heterocycles. The molecule has 0 atom stereocenters. The van der Waals surface area contributed by atoms with Crippen molar-refractivity contribution in [3.63, 3.8) is 0 Å². The molecule has 29 heavy (non-hydrogen) atoms. The van der Waals surface area contributed by atoms with E-state index in [0.29, 0.717) is 12.1 Å². The first-order valence-corrected chi connectivity index (χ1v) is 10.00. The Morgan fingerprint density at radius 2 is 1.83 bits per heavy atom. The number of aromatic nitrogens is 1. The summed E-state index contributed by atoms with van der Waals surface area (Å²) in [5.41, 5.74) is 0.163. The van der Waals surface area contributed by atoms with E-state index in [-0.39, 0.29) is 12.0 Å². The van der Waals surface area contributed by atoms with Gasteiger partial charge in [-0.25, -0.2) is 9.78 Å². The molecule has 7 nitrogen and oxygen atoms in total. The highest BCUT2D eigenvalue weighted by Crippen LogP contribution is 2.29. The van der Waals surface area contributed by atoms with Gasteiger partial charge in [-0.05, 0) is 24.8 Å². The molecule has 0 saturated heterocycles. The van der Waals surface area contributed by atoms with Crippen LogP contribution in [0, 0.1) is 0 Å². The van der Waals surface area contributed by atoms with Gasteiger partial charge < -0.3 is 15.5 Å². The molecule has 0 amide bonds. The summed E-state index contributed by atoms with van der Waals surface area (Å²) in [7, 11) is 0. The van der Waals surface area contributed by atoms with E-state index in [2.05, 4.69) is 31.1 Å². The Hall–Kier alpha value is -1.72. The first-order chi connectivity index (χ1) is 13.2. The van der Waals surface area contributed by atoms with Crippen LogP contribution in [0.25, 0.3) is 0 Å². The van der Waals surface area contributed by atoms with E-state index in [1.165, 1.54) is 4.88 Å². The van der Waals surface area contributed by atoms with Crippen LogP contribution in [-0.4, -0.2) is 63.4 Å². The minimum absolute atomic E-state index is 0.148. The molecule has 0 bridgehead atoms. The van der Waals surface area contributed by atoms with E-state index in [4.69, 9.17) is 15.0 Å². The Morgan fingerprint density at radius 3 is 2.21 bits per heavy atom. The van der Waals surface area contributed by atoms with Crippen molar-refractivity contribution in [1.82, 2.24) is 15.2 Å². The van der Waals surface area contributed by atoms with Crippen LogP contribution in [0.5, 0.6) is 0 Å². The standard InChI is InChI=1S/C16H27N3O2S.C2HF3O2/c1-5-19(10-15(20)21)12-6-11(7-12)17-9-14-18-8-13(22-14)16(2,3)4;3-2(4,5)1(6)7/h8,11-12,17H,5-7,9-10H2,1-4H3,(H,20,21);(H,6,7). The lowest BCUT2D eigenvalue weighted by Gasteiger charge is -2.42. The lowest BCUT2D eigenvalue weighted by molar-refractivity contribution is -0.192. The van der Waals surface area contributed by atoms with E-state index in [1.54, 1.807) is 11.3 Å². The van der Waals surface area contributed by atoms with E-state index in [0.717, 1.165) is 30.9 Å². The zero-order chi connectivity index (χ0) is 22.4. The topological polar surface area (TPSA) is 103 Å². The second-order valence-electron chi connectivity index (χ2n) is 7.83. The van der Waals surface area contributed by atoms with Crippen LogP contribution in [0.15, 0.2) is 6.20 Å². The summed E-state index contributed by atoms with van der Waals surface area (Å²) < 4.78 is 31.7. The van der Waals surface area contributed by atoms with Crippen molar-refractivity contribution < 1.29 is 33.0 Å². The molecule has 1 aliphatic rings. The number of alkyl halides is 3. The molecule has 3 N–H and O–H groups in total. The number of nitrogens with one attached hydrogen (secondary N) is 1. The fraction of sp³-hybridized carbons (Fsp3) is 0.722. The van der Waals surface area contributed by atoms with E-state index in [1.807, 2.05) is 18.0 Å². The highest BCUT2D eigenvalue weighted by Gasteiger charge is 2.38. The van der Waals surface area contributed by atoms with Gasteiger partial charge in [-0.3, -0.25) is 9.69 Å². The normalized spacial score (nSPS) is 19.3. The number of nitrogens with zero attached hydrogens (tertiary/aromatic N) is 2. The summed E-state index contributed by atoms with van der Waals surface area (Å²) in [6.07, 6.45) is -1.05. The maximum atomic E-state index is 10.8. The van der Waals surface area contributed by atoms with Crippen molar-refractivity contribution in [3.05, 3.63) is 16.1 Å². The number of carboxylic acids is 2. The molecular formula is C18H28F3N3O4S. The van der Waals surface area contributed by atoms with E-state index >= 15 is 0 Å². The van der Waals surface area contributed by atoms with Gasteiger partial charge in [-0.2, -0.15) is 13.2 Å². The molecule has 166 valence electrons. The third-order valence-electron chi connectivity index (χ3n) is 4.45. The zero-order valence-corrected chi connectivity index (χ0v) is 17.7. The number of thiazole rings is 1. The van der Waals surface area contributed by atoms with Crippen LogP contribution in [0.2, 0.25) is 0 Å². The molecule has 0 radical (unpaired) electrons. The fourth-order valence-corrected chi connectivity index (χ4v) is 3.62. The highest BCUT2D eigenvalue weighted by molar-refractivity contribution is 7.11. The predicted molar refractivity (Wildman–Crippen MR) is 103 cm³/mol. The summed E-state index contributed by atoms with van der Waals surface area (Å²) in [5, 5.41) is 20.7.